The Morgan fingerprint density at radius 1 is 1.29 bits per heavy atom. The number of rotatable bonds is 3. The molecule has 2 saturated heterocycles. The summed E-state index contributed by atoms with van der Waals surface area (Å²) >= 11 is 0. The van der Waals surface area contributed by atoms with Crippen molar-refractivity contribution in [2.75, 3.05) is 13.1 Å². The van der Waals surface area contributed by atoms with E-state index in [1.165, 1.54) is 19.0 Å². The van der Waals surface area contributed by atoms with Gasteiger partial charge in [0.2, 0.25) is 11.7 Å². The lowest BCUT2D eigenvalue weighted by Crippen LogP contribution is -2.53. The molecule has 2 aliphatic heterocycles. The van der Waals surface area contributed by atoms with Gasteiger partial charge in [-0.1, -0.05) is 5.16 Å². The van der Waals surface area contributed by atoms with E-state index in [9.17, 15) is 9.59 Å². The van der Waals surface area contributed by atoms with Crippen molar-refractivity contribution in [2.45, 2.75) is 44.2 Å². The lowest BCUT2D eigenvalue weighted by atomic mass is 9.95. The molecule has 0 unspecified atom stereocenters. The van der Waals surface area contributed by atoms with Gasteiger partial charge in [-0.15, -0.1) is 0 Å². The molecular weight excluding hydrogens is 270 g/mol. The Bertz CT molecular complexity index is 553. The van der Waals surface area contributed by atoms with Crippen molar-refractivity contribution in [3.05, 3.63) is 18.0 Å². The molecule has 6 nitrogen and oxygen atoms in total. The second-order valence-corrected chi connectivity index (χ2v) is 6.33. The Kier molecular flexibility index (Phi) is 2.97. The SMILES string of the molecule is O=C1CC[C@@H]2[C@@H](CCN2C(=O)c2ccno2)N1CC1CC1. The van der Waals surface area contributed by atoms with Crippen LogP contribution >= 0.6 is 0 Å². The number of piperidine rings is 1. The molecule has 3 aliphatic rings. The fourth-order valence-corrected chi connectivity index (χ4v) is 3.68. The van der Waals surface area contributed by atoms with E-state index < -0.39 is 0 Å². The number of aromatic nitrogens is 1. The molecular formula is C15H19N3O3. The molecule has 1 saturated carbocycles. The molecule has 112 valence electrons. The van der Waals surface area contributed by atoms with Gasteiger partial charge in [-0.3, -0.25) is 9.59 Å². The molecule has 1 aromatic rings. The van der Waals surface area contributed by atoms with Gasteiger partial charge in [-0.2, -0.15) is 0 Å². The largest absolute Gasteiger partial charge is 0.351 e. The third-order valence-electron chi connectivity index (χ3n) is 4.95. The Morgan fingerprint density at radius 3 is 2.86 bits per heavy atom. The molecule has 4 rings (SSSR count). The Labute approximate surface area is 123 Å². The normalized spacial score (nSPS) is 28.9. The standard InChI is InChI=1S/C15H19N3O3/c19-14-4-3-11-12(18(14)9-10-1-2-10)6-8-17(11)15(20)13-5-7-16-21-13/h5,7,10-12H,1-4,6,8-9H2/t11-,12-/m1/s1. The third-order valence-corrected chi connectivity index (χ3v) is 4.95. The van der Waals surface area contributed by atoms with E-state index in [0.717, 1.165) is 19.4 Å². The minimum atomic E-state index is -0.0966. The quantitative estimate of drug-likeness (QED) is 0.841. The van der Waals surface area contributed by atoms with Crippen LogP contribution in [0.4, 0.5) is 0 Å². The van der Waals surface area contributed by atoms with Crippen LogP contribution in [-0.4, -0.2) is 51.9 Å². The van der Waals surface area contributed by atoms with Gasteiger partial charge in [0.05, 0.1) is 18.3 Å². The summed E-state index contributed by atoms with van der Waals surface area (Å²) in [6.45, 7) is 1.58. The maximum Gasteiger partial charge on any atom is 0.292 e. The molecule has 1 aromatic heterocycles. The zero-order valence-corrected chi connectivity index (χ0v) is 11.9. The topological polar surface area (TPSA) is 66.7 Å². The molecule has 0 spiro atoms. The van der Waals surface area contributed by atoms with E-state index in [2.05, 4.69) is 5.16 Å². The van der Waals surface area contributed by atoms with E-state index in [4.69, 9.17) is 4.52 Å². The van der Waals surface area contributed by atoms with Crippen molar-refractivity contribution in [1.29, 1.82) is 0 Å². The molecule has 3 fully saturated rings. The molecule has 0 bridgehead atoms. The number of nitrogens with zero attached hydrogens (tertiary/aromatic N) is 3. The van der Waals surface area contributed by atoms with Crippen molar-refractivity contribution < 1.29 is 14.1 Å². The summed E-state index contributed by atoms with van der Waals surface area (Å²) in [6, 6.07) is 1.93. The lowest BCUT2D eigenvalue weighted by molar-refractivity contribution is -0.137. The highest BCUT2D eigenvalue weighted by Crippen LogP contribution is 2.36. The van der Waals surface area contributed by atoms with E-state index in [1.54, 1.807) is 6.07 Å². The van der Waals surface area contributed by atoms with Crippen LogP contribution in [0, 0.1) is 5.92 Å². The summed E-state index contributed by atoms with van der Waals surface area (Å²) in [4.78, 5) is 28.6. The van der Waals surface area contributed by atoms with Gasteiger partial charge in [0.15, 0.2) is 0 Å². The average molecular weight is 289 g/mol. The molecule has 6 heteroatoms. The number of carbonyl (C=O) groups is 2. The molecule has 0 radical (unpaired) electrons. The Balaban J connectivity index is 1.52. The first-order valence-corrected chi connectivity index (χ1v) is 7.75. The summed E-state index contributed by atoms with van der Waals surface area (Å²) in [5.74, 6) is 1.14. The molecule has 2 amide bonds. The van der Waals surface area contributed by atoms with Crippen LogP contribution in [0.2, 0.25) is 0 Å². The molecule has 21 heavy (non-hydrogen) atoms. The van der Waals surface area contributed by atoms with Crippen LogP contribution < -0.4 is 0 Å². The zero-order chi connectivity index (χ0) is 14.4. The smallest absolute Gasteiger partial charge is 0.292 e. The first-order valence-electron chi connectivity index (χ1n) is 7.75. The first kappa shape index (κ1) is 12.9. The summed E-state index contributed by atoms with van der Waals surface area (Å²) in [6.07, 6.45) is 6.16. The van der Waals surface area contributed by atoms with Crippen LogP contribution in [-0.2, 0) is 4.79 Å². The van der Waals surface area contributed by atoms with Crippen LogP contribution in [0.25, 0.3) is 0 Å². The highest BCUT2D eigenvalue weighted by molar-refractivity contribution is 5.92. The van der Waals surface area contributed by atoms with Crippen molar-refractivity contribution >= 4 is 11.8 Å². The highest BCUT2D eigenvalue weighted by Gasteiger charge is 2.46. The summed E-state index contributed by atoms with van der Waals surface area (Å²) in [7, 11) is 0. The van der Waals surface area contributed by atoms with Gasteiger partial charge in [-0.05, 0) is 31.6 Å². The zero-order valence-electron chi connectivity index (χ0n) is 11.9. The highest BCUT2D eigenvalue weighted by atomic mass is 16.5. The van der Waals surface area contributed by atoms with Crippen molar-refractivity contribution in [2.24, 2.45) is 5.92 Å². The monoisotopic (exact) mass is 289 g/mol. The number of hydrogen-bond donors (Lipinski definition) is 0. The average Bonchev–Trinajstić information content (AvgIpc) is 3.00. The van der Waals surface area contributed by atoms with Crippen LogP contribution in [0.1, 0.15) is 42.7 Å². The van der Waals surface area contributed by atoms with Gasteiger partial charge >= 0.3 is 0 Å². The summed E-state index contributed by atoms with van der Waals surface area (Å²) in [5.41, 5.74) is 0. The lowest BCUT2D eigenvalue weighted by Gasteiger charge is -2.39. The van der Waals surface area contributed by atoms with E-state index >= 15 is 0 Å². The fraction of sp³-hybridized carbons (Fsp3) is 0.667. The fourth-order valence-electron chi connectivity index (χ4n) is 3.68. The molecule has 0 N–H and O–H groups in total. The second kappa shape index (κ2) is 4.86. The number of fused-ring (bicyclic) bond motifs is 1. The van der Waals surface area contributed by atoms with Crippen LogP contribution in [0.15, 0.2) is 16.8 Å². The Hall–Kier alpha value is -1.85. The maximum absolute atomic E-state index is 12.5. The molecule has 2 atom stereocenters. The predicted octanol–water partition coefficient (Wildman–Crippen LogP) is 1.29. The van der Waals surface area contributed by atoms with E-state index in [-0.39, 0.29) is 23.9 Å². The summed E-state index contributed by atoms with van der Waals surface area (Å²) < 4.78 is 4.99. The van der Waals surface area contributed by atoms with Crippen molar-refractivity contribution in [3.8, 4) is 0 Å². The predicted molar refractivity (Wildman–Crippen MR) is 73.4 cm³/mol. The van der Waals surface area contributed by atoms with Gasteiger partial charge in [-0.25, -0.2) is 0 Å². The summed E-state index contributed by atoms with van der Waals surface area (Å²) in [5, 5.41) is 3.61. The van der Waals surface area contributed by atoms with Crippen molar-refractivity contribution in [1.82, 2.24) is 15.0 Å². The first-order chi connectivity index (χ1) is 10.2. The number of amides is 2. The van der Waals surface area contributed by atoms with Crippen LogP contribution in [0.3, 0.4) is 0 Å². The van der Waals surface area contributed by atoms with Gasteiger partial charge < -0.3 is 14.3 Å². The van der Waals surface area contributed by atoms with Gasteiger partial charge in [0.1, 0.15) is 0 Å². The number of likely N-dealkylation sites (tertiary alicyclic amines) is 2. The molecule has 0 aromatic carbocycles. The minimum Gasteiger partial charge on any atom is -0.351 e. The van der Waals surface area contributed by atoms with E-state index in [1.807, 2.05) is 9.80 Å². The minimum absolute atomic E-state index is 0.0966. The molecule has 3 heterocycles. The van der Waals surface area contributed by atoms with Crippen molar-refractivity contribution in [3.63, 3.8) is 0 Å². The number of hydrogen-bond acceptors (Lipinski definition) is 4. The third kappa shape index (κ3) is 2.22. The maximum atomic E-state index is 12.5. The number of carbonyl (C=O) groups excluding carboxylic acids is 2. The van der Waals surface area contributed by atoms with Crippen LogP contribution in [0.5, 0.6) is 0 Å². The van der Waals surface area contributed by atoms with Gasteiger partial charge in [0.25, 0.3) is 5.91 Å². The Morgan fingerprint density at radius 2 is 2.14 bits per heavy atom. The second-order valence-electron chi connectivity index (χ2n) is 6.33. The van der Waals surface area contributed by atoms with Gasteiger partial charge in [0, 0.05) is 25.6 Å². The van der Waals surface area contributed by atoms with E-state index in [0.29, 0.717) is 24.6 Å². The molecule has 1 aliphatic carbocycles.